The lowest BCUT2D eigenvalue weighted by Gasteiger charge is -2.31. The third kappa shape index (κ3) is 3.82. The minimum atomic E-state index is -0.231. The Balaban J connectivity index is 1.60. The van der Waals surface area contributed by atoms with Gasteiger partial charge in [0.25, 0.3) is 5.91 Å². The number of hydrogen-bond donors (Lipinski definition) is 2. The summed E-state index contributed by atoms with van der Waals surface area (Å²) in [4.78, 5) is 30.6. The molecule has 3 heterocycles. The first-order valence-electron chi connectivity index (χ1n) is 8.71. The Labute approximate surface area is 147 Å². The fourth-order valence-electron chi connectivity index (χ4n) is 3.44. The number of nitrogens with two attached hydrogens (primary N) is 1. The maximum atomic E-state index is 12.6. The molecule has 0 aromatic carbocycles. The molecule has 0 bridgehead atoms. The lowest BCUT2D eigenvalue weighted by atomic mass is 9.97. The molecular weight excluding hydrogens is 318 g/mol. The summed E-state index contributed by atoms with van der Waals surface area (Å²) >= 11 is 0. The van der Waals surface area contributed by atoms with Gasteiger partial charge in [-0.05, 0) is 50.9 Å². The first-order chi connectivity index (χ1) is 12.0. The number of amides is 2. The van der Waals surface area contributed by atoms with Gasteiger partial charge in [-0.15, -0.1) is 0 Å². The number of nitrogens with zero attached hydrogens (tertiary/aromatic N) is 3. The molecule has 1 aliphatic rings. The van der Waals surface area contributed by atoms with Crippen molar-refractivity contribution in [3.8, 4) is 0 Å². The van der Waals surface area contributed by atoms with Crippen molar-refractivity contribution in [1.29, 1.82) is 0 Å². The average Bonchev–Trinajstić information content (AvgIpc) is 2.89. The highest BCUT2D eigenvalue weighted by Crippen LogP contribution is 2.16. The van der Waals surface area contributed by atoms with Crippen LogP contribution in [-0.4, -0.2) is 52.3 Å². The third-order valence-corrected chi connectivity index (χ3v) is 4.79. The van der Waals surface area contributed by atoms with E-state index >= 15 is 0 Å². The number of nitrogens with one attached hydrogen (secondary N) is 1. The van der Waals surface area contributed by atoms with Crippen LogP contribution in [0.5, 0.6) is 0 Å². The van der Waals surface area contributed by atoms with Crippen molar-refractivity contribution < 1.29 is 9.59 Å². The molecule has 2 aromatic rings. The Bertz CT molecular complexity index is 798. The SMILES string of the molecule is Cc1ccn2c(C(=O)NCCN3CCC[C@@H](C(N)=O)C3)c(C)nc2c1. The standard InChI is InChI=1S/C18H25N5O2/c1-12-5-8-23-15(10-12)21-13(2)16(23)18(25)20-6-9-22-7-3-4-14(11-22)17(19)24/h5,8,10,14H,3-4,6-7,9,11H2,1-2H3,(H2,19,24)(H,20,25)/t14-/m1/s1. The number of likely N-dealkylation sites (tertiary alicyclic amines) is 1. The van der Waals surface area contributed by atoms with Crippen molar-refractivity contribution in [2.45, 2.75) is 26.7 Å². The molecule has 0 spiro atoms. The van der Waals surface area contributed by atoms with Gasteiger partial charge in [-0.2, -0.15) is 0 Å². The molecule has 2 amide bonds. The smallest absolute Gasteiger partial charge is 0.270 e. The second-order valence-corrected chi connectivity index (χ2v) is 6.78. The number of pyridine rings is 1. The highest BCUT2D eigenvalue weighted by atomic mass is 16.2. The molecule has 7 heteroatoms. The summed E-state index contributed by atoms with van der Waals surface area (Å²) in [5.74, 6) is -0.434. The topological polar surface area (TPSA) is 92.7 Å². The first kappa shape index (κ1) is 17.4. The lowest BCUT2D eigenvalue weighted by molar-refractivity contribution is -0.123. The fourth-order valence-corrected chi connectivity index (χ4v) is 3.44. The first-order valence-corrected chi connectivity index (χ1v) is 8.71. The predicted octanol–water partition coefficient (Wildman–Crippen LogP) is 0.878. The van der Waals surface area contributed by atoms with Gasteiger partial charge in [0.15, 0.2) is 0 Å². The van der Waals surface area contributed by atoms with Crippen LogP contribution >= 0.6 is 0 Å². The van der Waals surface area contributed by atoms with Gasteiger partial charge in [0.1, 0.15) is 11.3 Å². The normalized spacial score (nSPS) is 18.4. The highest BCUT2D eigenvalue weighted by Gasteiger charge is 2.24. The van der Waals surface area contributed by atoms with E-state index in [-0.39, 0.29) is 17.7 Å². The van der Waals surface area contributed by atoms with E-state index in [0.717, 1.165) is 36.3 Å². The van der Waals surface area contributed by atoms with E-state index < -0.39 is 0 Å². The van der Waals surface area contributed by atoms with Crippen LogP contribution in [0.2, 0.25) is 0 Å². The molecule has 2 aromatic heterocycles. The van der Waals surface area contributed by atoms with Gasteiger partial charge < -0.3 is 16.0 Å². The number of aryl methyl sites for hydroxylation is 2. The summed E-state index contributed by atoms with van der Waals surface area (Å²) in [7, 11) is 0. The zero-order chi connectivity index (χ0) is 18.0. The van der Waals surface area contributed by atoms with Crippen LogP contribution in [-0.2, 0) is 4.79 Å². The van der Waals surface area contributed by atoms with Crippen LogP contribution in [0.4, 0.5) is 0 Å². The Hall–Kier alpha value is -2.41. The molecule has 1 aliphatic heterocycles. The van der Waals surface area contributed by atoms with E-state index in [1.54, 1.807) is 0 Å². The van der Waals surface area contributed by atoms with Gasteiger partial charge in [0, 0.05) is 25.8 Å². The summed E-state index contributed by atoms with van der Waals surface area (Å²) in [6.45, 7) is 6.71. The predicted molar refractivity (Wildman–Crippen MR) is 95.4 cm³/mol. The average molecular weight is 343 g/mol. The van der Waals surface area contributed by atoms with Gasteiger partial charge in [-0.25, -0.2) is 4.98 Å². The number of carbonyl (C=O) groups excluding carboxylic acids is 2. The minimum absolute atomic E-state index is 0.0753. The summed E-state index contributed by atoms with van der Waals surface area (Å²) in [5, 5.41) is 2.97. The quantitative estimate of drug-likeness (QED) is 0.843. The maximum absolute atomic E-state index is 12.6. The number of hydrogen-bond acceptors (Lipinski definition) is 4. The van der Waals surface area contributed by atoms with Crippen LogP contribution < -0.4 is 11.1 Å². The van der Waals surface area contributed by atoms with Crippen molar-refractivity contribution in [3.63, 3.8) is 0 Å². The molecule has 1 saturated heterocycles. The summed E-state index contributed by atoms with van der Waals surface area (Å²) in [6.07, 6.45) is 3.70. The number of aromatic nitrogens is 2. The van der Waals surface area contributed by atoms with Crippen molar-refractivity contribution in [1.82, 2.24) is 19.6 Å². The zero-order valence-corrected chi connectivity index (χ0v) is 14.8. The second kappa shape index (κ2) is 7.23. The molecule has 0 unspecified atom stereocenters. The number of rotatable bonds is 5. The molecule has 1 fully saturated rings. The van der Waals surface area contributed by atoms with Crippen molar-refractivity contribution in [3.05, 3.63) is 35.3 Å². The van der Waals surface area contributed by atoms with Crippen LogP contribution in [0, 0.1) is 19.8 Å². The van der Waals surface area contributed by atoms with E-state index in [1.807, 2.05) is 36.6 Å². The molecular formula is C18H25N5O2. The van der Waals surface area contributed by atoms with Gasteiger partial charge >= 0.3 is 0 Å². The lowest BCUT2D eigenvalue weighted by Crippen LogP contribution is -2.44. The number of fused-ring (bicyclic) bond motifs is 1. The Morgan fingerprint density at radius 2 is 2.20 bits per heavy atom. The minimum Gasteiger partial charge on any atom is -0.369 e. The van der Waals surface area contributed by atoms with Gasteiger partial charge in [-0.3, -0.25) is 14.0 Å². The van der Waals surface area contributed by atoms with E-state index in [0.29, 0.717) is 25.3 Å². The molecule has 134 valence electrons. The summed E-state index contributed by atoms with van der Waals surface area (Å²) < 4.78 is 1.82. The highest BCUT2D eigenvalue weighted by molar-refractivity contribution is 5.94. The number of piperidine rings is 1. The molecule has 0 aliphatic carbocycles. The van der Waals surface area contributed by atoms with Crippen LogP contribution in [0.25, 0.3) is 5.65 Å². The molecule has 0 radical (unpaired) electrons. The Morgan fingerprint density at radius 3 is 2.96 bits per heavy atom. The molecule has 3 N–H and O–H groups in total. The molecule has 25 heavy (non-hydrogen) atoms. The van der Waals surface area contributed by atoms with Crippen LogP contribution in [0.15, 0.2) is 18.3 Å². The summed E-state index contributed by atoms with van der Waals surface area (Å²) in [5.41, 5.74) is 8.59. The summed E-state index contributed by atoms with van der Waals surface area (Å²) in [6, 6.07) is 3.92. The van der Waals surface area contributed by atoms with Crippen molar-refractivity contribution in [2.75, 3.05) is 26.2 Å². The van der Waals surface area contributed by atoms with E-state index in [4.69, 9.17) is 5.73 Å². The second-order valence-electron chi connectivity index (χ2n) is 6.78. The van der Waals surface area contributed by atoms with Crippen LogP contribution in [0.1, 0.15) is 34.6 Å². The number of imidazole rings is 1. The largest absolute Gasteiger partial charge is 0.369 e. The van der Waals surface area contributed by atoms with Gasteiger partial charge in [0.2, 0.25) is 5.91 Å². The van der Waals surface area contributed by atoms with Crippen molar-refractivity contribution >= 4 is 17.5 Å². The Morgan fingerprint density at radius 1 is 1.40 bits per heavy atom. The molecule has 3 rings (SSSR count). The monoisotopic (exact) mass is 343 g/mol. The van der Waals surface area contributed by atoms with Crippen LogP contribution in [0.3, 0.4) is 0 Å². The van der Waals surface area contributed by atoms with Crippen molar-refractivity contribution in [2.24, 2.45) is 11.7 Å². The van der Waals surface area contributed by atoms with Gasteiger partial charge in [-0.1, -0.05) is 0 Å². The molecule has 1 atom stereocenters. The fraction of sp³-hybridized carbons (Fsp3) is 0.500. The Kier molecular flexibility index (Phi) is 5.03. The number of primary amides is 1. The molecule has 0 saturated carbocycles. The third-order valence-electron chi connectivity index (χ3n) is 4.79. The van der Waals surface area contributed by atoms with E-state index in [9.17, 15) is 9.59 Å². The molecule has 7 nitrogen and oxygen atoms in total. The maximum Gasteiger partial charge on any atom is 0.270 e. The van der Waals surface area contributed by atoms with E-state index in [2.05, 4.69) is 15.2 Å². The zero-order valence-electron chi connectivity index (χ0n) is 14.8. The van der Waals surface area contributed by atoms with E-state index in [1.165, 1.54) is 0 Å². The number of carbonyl (C=O) groups is 2. The van der Waals surface area contributed by atoms with Gasteiger partial charge in [0.05, 0.1) is 11.6 Å².